The van der Waals surface area contributed by atoms with Crippen molar-refractivity contribution < 1.29 is 4.42 Å². The lowest BCUT2D eigenvalue weighted by Crippen LogP contribution is -2.09. The Morgan fingerprint density at radius 2 is 1.00 bits per heavy atom. The van der Waals surface area contributed by atoms with Gasteiger partial charge in [0, 0.05) is 53.6 Å². The first-order chi connectivity index (χ1) is 22.7. The van der Waals surface area contributed by atoms with Crippen LogP contribution in [0.1, 0.15) is 5.56 Å². The summed E-state index contributed by atoms with van der Waals surface area (Å²) in [7, 11) is 0. The first-order valence-electron chi connectivity index (χ1n) is 15.6. The fourth-order valence-electron chi connectivity index (χ4n) is 6.67. The molecule has 0 aliphatic heterocycles. The summed E-state index contributed by atoms with van der Waals surface area (Å²) < 4.78 is 9.01. The molecule has 0 aliphatic carbocycles. The van der Waals surface area contributed by atoms with E-state index in [0.717, 1.165) is 50.1 Å². The van der Waals surface area contributed by atoms with Gasteiger partial charge in [0.25, 0.3) is 0 Å². The minimum atomic E-state index is 0.916. The highest BCUT2D eigenvalue weighted by Gasteiger charge is 2.16. The summed E-state index contributed by atoms with van der Waals surface area (Å²) in [5.41, 5.74) is 11.1. The van der Waals surface area contributed by atoms with E-state index in [2.05, 4.69) is 157 Å². The van der Waals surface area contributed by atoms with Crippen LogP contribution in [0.3, 0.4) is 0 Å². The van der Waals surface area contributed by atoms with Gasteiger partial charge in [0.2, 0.25) is 0 Å². The van der Waals surface area contributed by atoms with Crippen molar-refractivity contribution in [2.24, 2.45) is 0 Å². The second-order valence-corrected chi connectivity index (χ2v) is 12.9. The number of anilines is 3. The van der Waals surface area contributed by atoms with Crippen LogP contribution in [0.5, 0.6) is 0 Å². The Bertz CT molecular complexity index is 2360. The van der Waals surface area contributed by atoms with E-state index in [1.54, 1.807) is 0 Å². The highest BCUT2D eigenvalue weighted by molar-refractivity contribution is 7.26. The molecule has 2 heterocycles. The number of nitrogens with zero attached hydrogens (tertiary/aromatic N) is 1. The normalized spacial score (nSPS) is 11.6. The summed E-state index contributed by atoms with van der Waals surface area (Å²) in [5.74, 6) is 0. The zero-order chi connectivity index (χ0) is 30.6. The van der Waals surface area contributed by atoms with Crippen molar-refractivity contribution in [3.63, 3.8) is 0 Å². The third-order valence-electron chi connectivity index (χ3n) is 8.97. The number of thiophene rings is 1. The summed E-state index contributed by atoms with van der Waals surface area (Å²) in [6, 6.07) is 56.6. The van der Waals surface area contributed by atoms with Crippen molar-refractivity contribution in [2.75, 3.05) is 4.90 Å². The smallest absolute Gasteiger partial charge is 0.143 e. The first kappa shape index (κ1) is 26.7. The average molecular weight is 608 g/mol. The molecule has 0 aliphatic rings. The molecular formula is C43H29NOS. The predicted molar refractivity (Wildman–Crippen MR) is 197 cm³/mol. The van der Waals surface area contributed by atoms with Crippen LogP contribution < -0.4 is 4.90 Å². The van der Waals surface area contributed by atoms with Crippen LogP contribution in [0.2, 0.25) is 0 Å². The summed E-state index contributed by atoms with van der Waals surface area (Å²) in [5, 5.41) is 4.94. The number of hydrogen-bond acceptors (Lipinski definition) is 3. The van der Waals surface area contributed by atoms with Crippen LogP contribution in [0.15, 0.2) is 162 Å². The third-order valence-corrected chi connectivity index (χ3v) is 10.2. The second-order valence-electron chi connectivity index (χ2n) is 11.8. The Labute approximate surface area is 271 Å². The molecule has 2 aromatic heterocycles. The lowest BCUT2D eigenvalue weighted by molar-refractivity contribution is 0.670. The third kappa shape index (κ3) is 4.40. The van der Waals surface area contributed by atoms with Crippen LogP contribution in [0.25, 0.3) is 64.4 Å². The van der Waals surface area contributed by atoms with Gasteiger partial charge in [0.05, 0.1) is 0 Å². The quantitative estimate of drug-likeness (QED) is 0.193. The van der Waals surface area contributed by atoms with Gasteiger partial charge in [-0.15, -0.1) is 11.3 Å². The van der Waals surface area contributed by atoms with Crippen molar-refractivity contribution in [1.29, 1.82) is 0 Å². The van der Waals surface area contributed by atoms with Gasteiger partial charge in [-0.25, -0.2) is 0 Å². The van der Waals surface area contributed by atoms with Crippen molar-refractivity contribution >= 4 is 70.5 Å². The van der Waals surface area contributed by atoms with Gasteiger partial charge in [-0.1, -0.05) is 115 Å². The van der Waals surface area contributed by atoms with Crippen molar-refractivity contribution in [3.8, 4) is 22.3 Å². The van der Waals surface area contributed by atoms with E-state index in [9.17, 15) is 0 Å². The van der Waals surface area contributed by atoms with E-state index in [1.807, 2.05) is 23.5 Å². The molecule has 2 nitrogen and oxygen atoms in total. The second kappa shape index (κ2) is 10.8. The highest BCUT2D eigenvalue weighted by Crippen LogP contribution is 2.42. The van der Waals surface area contributed by atoms with Gasteiger partial charge < -0.3 is 9.32 Å². The van der Waals surface area contributed by atoms with Crippen LogP contribution in [0, 0.1) is 6.92 Å². The molecule has 0 N–H and O–H groups in total. The average Bonchev–Trinajstić information content (AvgIpc) is 3.69. The summed E-state index contributed by atoms with van der Waals surface area (Å²) in [4.78, 5) is 2.33. The lowest BCUT2D eigenvalue weighted by atomic mass is 10.0. The number of hydrogen-bond donors (Lipinski definition) is 0. The maximum atomic E-state index is 6.35. The Balaban J connectivity index is 1.11. The SMILES string of the molecule is Cc1ccc(N(c2ccc(-c3cccc4c3oc3ccccc34)cc2)c2ccc(-c3cccc4c3sc3ccccc34)cc2)cc1. The van der Waals surface area contributed by atoms with E-state index in [1.165, 1.54) is 36.9 Å². The molecular weight excluding hydrogens is 579 g/mol. The van der Waals surface area contributed by atoms with E-state index in [4.69, 9.17) is 4.42 Å². The Morgan fingerprint density at radius 3 is 1.72 bits per heavy atom. The van der Waals surface area contributed by atoms with E-state index in [-0.39, 0.29) is 0 Å². The molecule has 0 amide bonds. The number of para-hydroxylation sites is 2. The van der Waals surface area contributed by atoms with Crippen molar-refractivity contribution in [1.82, 2.24) is 0 Å². The minimum absolute atomic E-state index is 0.916. The molecule has 9 rings (SSSR count). The van der Waals surface area contributed by atoms with Crippen LogP contribution >= 0.6 is 11.3 Å². The van der Waals surface area contributed by atoms with E-state index in [0.29, 0.717) is 0 Å². The maximum absolute atomic E-state index is 6.35. The van der Waals surface area contributed by atoms with Crippen LogP contribution in [-0.2, 0) is 0 Å². The fraction of sp³-hybridized carbons (Fsp3) is 0.0233. The molecule has 0 spiro atoms. The molecule has 0 fully saturated rings. The zero-order valence-electron chi connectivity index (χ0n) is 25.3. The van der Waals surface area contributed by atoms with Gasteiger partial charge in [0.15, 0.2) is 0 Å². The molecule has 7 aromatic carbocycles. The van der Waals surface area contributed by atoms with Gasteiger partial charge in [-0.3, -0.25) is 0 Å². The standard InChI is InChI=1S/C43H29NOS/c1-28-16-22-31(23-17-28)44(32-24-18-29(19-25-32)34-10-6-12-38-36-8-2-4-14-40(36)45-42(34)38)33-26-20-30(21-27-33)35-11-7-13-39-37-9-3-5-15-41(37)46-43(35)39/h2-27H,1H3. The topological polar surface area (TPSA) is 16.4 Å². The molecule has 0 unspecified atom stereocenters. The molecule has 218 valence electrons. The van der Waals surface area contributed by atoms with Gasteiger partial charge in [-0.2, -0.15) is 0 Å². The molecule has 3 heteroatoms. The first-order valence-corrected chi connectivity index (χ1v) is 16.4. The molecule has 0 bridgehead atoms. The van der Waals surface area contributed by atoms with E-state index >= 15 is 0 Å². The number of fused-ring (bicyclic) bond motifs is 6. The number of benzene rings is 7. The maximum Gasteiger partial charge on any atom is 0.143 e. The molecule has 0 saturated heterocycles. The zero-order valence-corrected chi connectivity index (χ0v) is 26.1. The van der Waals surface area contributed by atoms with Crippen LogP contribution in [0.4, 0.5) is 17.1 Å². The number of aryl methyl sites for hydroxylation is 1. The van der Waals surface area contributed by atoms with Crippen molar-refractivity contribution in [3.05, 3.63) is 163 Å². The van der Waals surface area contributed by atoms with Crippen LogP contribution in [-0.4, -0.2) is 0 Å². The summed E-state index contributed by atoms with van der Waals surface area (Å²) in [6.45, 7) is 2.13. The predicted octanol–water partition coefficient (Wildman–Crippen LogP) is 13.1. The highest BCUT2D eigenvalue weighted by atomic mass is 32.1. The van der Waals surface area contributed by atoms with Crippen molar-refractivity contribution in [2.45, 2.75) is 6.92 Å². The lowest BCUT2D eigenvalue weighted by Gasteiger charge is -2.26. The molecule has 46 heavy (non-hydrogen) atoms. The summed E-state index contributed by atoms with van der Waals surface area (Å²) in [6.07, 6.45) is 0. The Kier molecular flexibility index (Phi) is 6.25. The van der Waals surface area contributed by atoms with Gasteiger partial charge in [0.1, 0.15) is 11.2 Å². The largest absolute Gasteiger partial charge is 0.455 e. The molecule has 9 aromatic rings. The minimum Gasteiger partial charge on any atom is -0.455 e. The van der Waals surface area contributed by atoms with E-state index < -0.39 is 0 Å². The number of rotatable bonds is 5. The Hall–Kier alpha value is -5.64. The summed E-state index contributed by atoms with van der Waals surface area (Å²) >= 11 is 1.87. The Morgan fingerprint density at radius 1 is 0.457 bits per heavy atom. The monoisotopic (exact) mass is 607 g/mol. The van der Waals surface area contributed by atoms with Gasteiger partial charge >= 0.3 is 0 Å². The molecule has 0 radical (unpaired) electrons. The van der Waals surface area contributed by atoms with Gasteiger partial charge in [-0.05, 0) is 72.1 Å². The number of furan rings is 1. The molecule has 0 atom stereocenters. The molecule has 0 saturated carbocycles. The fourth-order valence-corrected chi connectivity index (χ4v) is 7.91.